The number of rotatable bonds is 8. The van der Waals surface area contributed by atoms with E-state index in [4.69, 9.17) is 0 Å². The van der Waals surface area contributed by atoms with Crippen molar-refractivity contribution < 1.29 is 4.79 Å². The van der Waals surface area contributed by atoms with E-state index >= 15 is 0 Å². The lowest BCUT2D eigenvalue weighted by atomic mass is 10.3. The van der Waals surface area contributed by atoms with Gasteiger partial charge in [0.2, 0.25) is 5.91 Å². The predicted molar refractivity (Wildman–Crippen MR) is 126 cm³/mol. The van der Waals surface area contributed by atoms with Crippen LogP contribution in [-0.2, 0) is 10.5 Å². The number of hydrogen-bond donors (Lipinski definition) is 2. The van der Waals surface area contributed by atoms with Crippen LogP contribution >= 0.6 is 23.5 Å². The first kappa shape index (κ1) is 20.5. The molecule has 2 N–H and O–H groups in total. The van der Waals surface area contributed by atoms with Crippen LogP contribution in [-0.4, -0.2) is 26.6 Å². The summed E-state index contributed by atoms with van der Waals surface area (Å²) in [6.07, 6.45) is 3.66. The number of benzene rings is 2. The van der Waals surface area contributed by atoms with Crippen LogP contribution in [0.5, 0.6) is 0 Å². The average molecular weight is 435 g/mol. The number of fused-ring (bicyclic) bond motifs is 1. The monoisotopic (exact) mass is 434 g/mol. The molecule has 0 fully saturated rings. The fourth-order valence-corrected chi connectivity index (χ4v) is 4.50. The molecule has 0 aliphatic carbocycles. The fraction of sp³-hybridized carbons (Fsp3) is 0.174. The summed E-state index contributed by atoms with van der Waals surface area (Å²) < 4.78 is 0. The zero-order valence-corrected chi connectivity index (χ0v) is 18.2. The van der Waals surface area contributed by atoms with Gasteiger partial charge in [-0.2, -0.15) is 0 Å². The Balaban J connectivity index is 1.25. The maximum absolute atomic E-state index is 12.3. The maximum atomic E-state index is 12.3. The van der Waals surface area contributed by atoms with Crippen molar-refractivity contribution in [3.05, 3.63) is 84.4 Å². The molecule has 0 bridgehead atoms. The van der Waals surface area contributed by atoms with Crippen molar-refractivity contribution in [2.45, 2.75) is 22.8 Å². The first-order valence-electron chi connectivity index (χ1n) is 9.65. The number of carbonyl (C=O) groups is 1. The van der Waals surface area contributed by atoms with Gasteiger partial charge in [0.1, 0.15) is 5.82 Å². The third-order valence-corrected chi connectivity index (χ3v) is 6.76. The van der Waals surface area contributed by atoms with Crippen LogP contribution in [0.3, 0.4) is 0 Å². The van der Waals surface area contributed by atoms with Crippen LogP contribution in [0.2, 0.25) is 0 Å². The minimum Gasteiger partial charge on any atom is -0.341 e. The van der Waals surface area contributed by atoms with Gasteiger partial charge in [0.05, 0.1) is 22.0 Å². The molecule has 5 nitrogen and oxygen atoms in total. The summed E-state index contributed by atoms with van der Waals surface area (Å²) in [5.41, 5.74) is 3.97. The van der Waals surface area contributed by atoms with Crippen LogP contribution in [0, 0.1) is 0 Å². The molecule has 1 amide bonds. The number of nitrogens with one attached hydrogen (secondary N) is 2. The molecule has 4 aromatic rings. The molecular formula is C23H22N4OS2. The highest BCUT2D eigenvalue weighted by molar-refractivity contribution is 8.00. The van der Waals surface area contributed by atoms with Crippen molar-refractivity contribution in [3.8, 4) is 0 Å². The molecule has 0 spiro atoms. The van der Waals surface area contributed by atoms with E-state index < -0.39 is 0 Å². The van der Waals surface area contributed by atoms with Crippen LogP contribution in [0.4, 0.5) is 5.69 Å². The molecule has 2 aromatic carbocycles. The Morgan fingerprint density at radius 1 is 1.10 bits per heavy atom. The van der Waals surface area contributed by atoms with Gasteiger partial charge in [-0.1, -0.05) is 18.2 Å². The normalized spacial score (nSPS) is 12.0. The first-order chi connectivity index (χ1) is 14.7. The molecule has 1 atom stereocenters. The van der Waals surface area contributed by atoms with Gasteiger partial charge >= 0.3 is 0 Å². The molecule has 0 saturated heterocycles. The number of para-hydroxylation sites is 2. The molecule has 2 aromatic heterocycles. The number of anilines is 1. The number of aromatic nitrogens is 3. The van der Waals surface area contributed by atoms with Crippen molar-refractivity contribution >= 4 is 46.2 Å². The van der Waals surface area contributed by atoms with Gasteiger partial charge in [0.15, 0.2) is 0 Å². The molecule has 1 unspecified atom stereocenters. The van der Waals surface area contributed by atoms with E-state index in [2.05, 4.69) is 33.3 Å². The number of amides is 1. The Kier molecular flexibility index (Phi) is 6.71. The first-order valence-corrected chi connectivity index (χ1v) is 11.7. The summed E-state index contributed by atoms with van der Waals surface area (Å²) in [6, 6.07) is 19.9. The highest BCUT2D eigenvalue weighted by atomic mass is 32.2. The van der Waals surface area contributed by atoms with E-state index in [0.29, 0.717) is 5.75 Å². The highest BCUT2D eigenvalue weighted by Crippen LogP contribution is 2.28. The second-order valence-corrected chi connectivity index (χ2v) is 9.19. The van der Waals surface area contributed by atoms with E-state index in [0.717, 1.165) is 33.2 Å². The minimum atomic E-state index is -0.0151. The lowest BCUT2D eigenvalue weighted by Gasteiger charge is -2.09. The van der Waals surface area contributed by atoms with Crippen molar-refractivity contribution in [1.82, 2.24) is 15.0 Å². The van der Waals surface area contributed by atoms with Gasteiger partial charge in [-0.25, -0.2) is 4.98 Å². The van der Waals surface area contributed by atoms with Crippen molar-refractivity contribution in [1.29, 1.82) is 0 Å². The molecule has 152 valence electrons. The van der Waals surface area contributed by atoms with Gasteiger partial charge in [-0.15, -0.1) is 23.5 Å². The summed E-state index contributed by atoms with van der Waals surface area (Å²) in [4.78, 5) is 25.6. The van der Waals surface area contributed by atoms with Crippen molar-refractivity contribution in [3.63, 3.8) is 0 Å². The molecule has 0 radical (unpaired) electrons. The molecule has 0 aliphatic rings. The topological polar surface area (TPSA) is 70.7 Å². The molecule has 0 saturated carbocycles. The maximum Gasteiger partial charge on any atom is 0.234 e. The number of thioether (sulfide) groups is 2. The zero-order valence-electron chi connectivity index (χ0n) is 16.5. The number of imidazole rings is 1. The third kappa shape index (κ3) is 5.43. The number of pyridine rings is 1. The minimum absolute atomic E-state index is 0.0151. The van der Waals surface area contributed by atoms with Crippen molar-refractivity contribution in [2.75, 3.05) is 11.1 Å². The summed E-state index contributed by atoms with van der Waals surface area (Å²) in [5.74, 6) is 2.12. The van der Waals surface area contributed by atoms with Crippen molar-refractivity contribution in [2.24, 2.45) is 0 Å². The summed E-state index contributed by atoms with van der Waals surface area (Å²) in [6.45, 7) is 2.06. The largest absolute Gasteiger partial charge is 0.341 e. The van der Waals surface area contributed by atoms with Gasteiger partial charge in [-0.3, -0.25) is 9.78 Å². The van der Waals surface area contributed by atoms with Crippen LogP contribution in [0.1, 0.15) is 23.6 Å². The third-order valence-electron chi connectivity index (χ3n) is 4.52. The Hall–Kier alpha value is -2.77. The highest BCUT2D eigenvalue weighted by Gasteiger charge is 2.13. The van der Waals surface area contributed by atoms with E-state index in [9.17, 15) is 4.79 Å². The quantitative estimate of drug-likeness (QED) is 0.349. The van der Waals surface area contributed by atoms with E-state index in [1.54, 1.807) is 29.7 Å². The van der Waals surface area contributed by atoms with Crippen LogP contribution < -0.4 is 5.32 Å². The van der Waals surface area contributed by atoms with E-state index in [1.165, 1.54) is 5.56 Å². The van der Waals surface area contributed by atoms with Crippen LogP contribution in [0.25, 0.3) is 11.0 Å². The number of H-pyrrole nitrogens is 1. The molecule has 30 heavy (non-hydrogen) atoms. The number of carbonyl (C=O) groups excluding carboxylic acids is 1. The van der Waals surface area contributed by atoms with Gasteiger partial charge < -0.3 is 10.3 Å². The molecule has 7 heteroatoms. The molecule has 4 rings (SSSR count). The Morgan fingerprint density at radius 2 is 1.93 bits per heavy atom. The Labute approximate surface area is 184 Å². The average Bonchev–Trinajstić information content (AvgIpc) is 3.22. The van der Waals surface area contributed by atoms with Gasteiger partial charge in [0.25, 0.3) is 0 Å². The second-order valence-electron chi connectivity index (χ2n) is 6.81. The lowest BCUT2D eigenvalue weighted by Crippen LogP contribution is -2.14. The standard InChI is InChI=1S/C23H22N4OS2/c1-16(23-26-20-6-2-3-7-21(20)27-23)29-15-22(28)25-18-8-10-19(11-9-18)30-14-17-5-4-12-24-13-17/h2-13,16H,14-15H2,1H3,(H,25,28)(H,26,27). The molecular weight excluding hydrogens is 412 g/mol. The summed E-state index contributed by atoms with van der Waals surface area (Å²) >= 11 is 3.31. The van der Waals surface area contributed by atoms with E-state index in [1.807, 2.05) is 60.8 Å². The molecule has 0 aliphatic heterocycles. The molecule has 2 heterocycles. The smallest absolute Gasteiger partial charge is 0.234 e. The fourth-order valence-electron chi connectivity index (χ4n) is 2.93. The van der Waals surface area contributed by atoms with Gasteiger partial charge in [-0.05, 0) is 55.0 Å². The summed E-state index contributed by atoms with van der Waals surface area (Å²) in [7, 11) is 0. The lowest BCUT2D eigenvalue weighted by molar-refractivity contribution is -0.113. The zero-order chi connectivity index (χ0) is 20.8. The van der Waals surface area contributed by atoms with Gasteiger partial charge in [0, 0.05) is 28.7 Å². The Bertz CT molecular complexity index is 1080. The number of aromatic amines is 1. The number of hydrogen-bond acceptors (Lipinski definition) is 5. The second kappa shape index (κ2) is 9.82. The predicted octanol–water partition coefficient (Wildman–Crippen LogP) is 5.68. The summed E-state index contributed by atoms with van der Waals surface area (Å²) in [5, 5.41) is 3.07. The Morgan fingerprint density at radius 3 is 2.70 bits per heavy atom. The number of nitrogens with zero attached hydrogens (tertiary/aromatic N) is 2. The SMILES string of the molecule is CC(SCC(=O)Nc1ccc(SCc2cccnc2)cc1)c1nc2ccccc2[nH]1. The van der Waals surface area contributed by atoms with Crippen LogP contribution in [0.15, 0.2) is 78.0 Å². The van der Waals surface area contributed by atoms with E-state index in [-0.39, 0.29) is 11.2 Å².